The van der Waals surface area contributed by atoms with Gasteiger partial charge in [0.15, 0.2) is 0 Å². The van der Waals surface area contributed by atoms with Crippen molar-refractivity contribution >= 4 is 7.48 Å². The third-order valence-electron chi connectivity index (χ3n) is 2.68. The van der Waals surface area contributed by atoms with Crippen molar-refractivity contribution in [2.75, 3.05) is 13.7 Å². The first-order valence-electron chi connectivity index (χ1n) is 5.16. The van der Waals surface area contributed by atoms with Gasteiger partial charge in [0.25, 0.3) is 7.48 Å². The summed E-state index contributed by atoms with van der Waals surface area (Å²) < 4.78 is 10.6. The molecule has 3 nitrogen and oxygen atoms in total. The first-order valence-corrected chi connectivity index (χ1v) is 5.16. The van der Waals surface area contributed by atoms with Crippen LogP contribution in [0.25, 0.3) is 0 Å². The summed E-state index contributed by atoms with van der Waals surface area (Å²) in [6.07, 6.45) is 1.96. The molecule has 0 radical (unpaired) electrons. The summed E-state index contributed by atoms with van der Waals surface area (Å²) in [5.74, 6) is 0. The highest BCUT2D eigenvalue weighted by molar-refractivity contribution is 6.27. The van der Waals surface area contributed by atoms with Gasteiger partial charge in [-0.1, -0.05) is 0 Å². The van der Waals surface area contributed by atoms with Crippen molar-refractivity contribution in [1.29, 1.82) is 0 Å². The molecule has 1 N–H and O–H groups in total. The fourth-order valence-corrected chi connectivity index (χ4v) is 0.852. The molecule has 0 saturated heterocycles. The molecule has 0 unspecified atom stereocenters. The molecule has 0 aliphatic carbocycles. The van der Waals surface area contributed by atoms with Gasteiger partial charge in [-0.2, -0.15) is 0 Å². The average Bonchev–Trinajstić information content (AvgIpc) is 2.02. The number of rotatable bonds is 7. The zero-order valence-corrected chi connectivity index (χ0v) is 10.1. The minimum atomic E-state index is -0.811. The minimum absolute atomic E-state index is 0.500. The summed E-state index contributed by atoms with van der Waals surface area (Å²) in [5.41, 5.74) is -1.31. The zero-order chi connectivity index (χ0) is 11.2. The van der Waals surface area contributed by atoms with E-state index in [9.17, 15) is 5.11 Å². The first-order chi connectivity index (χ1) is 6.31. The van der Waals surface area contributed by atoms with Crippen molar-refractivity contribution < 1.29 is 14.5 Å². The first kappa shape index (κ1) is 13.9. The van der Waals surface area contributed by atoms with Gasteiger partial charge in [0.05, 0.1) is 11.2 Å². The van der Waals surface area contributed by atoms with Gasteiger partial charge in [-0.3, -0.25) is 0 Å². The molecular weight excluding hydrogens is 179 g/mol. The van der Waals surface area contributed by atoms with E-state index in [1.807, 2.05) is 13.8 Å². The van der Waals surface area contributed by atoms with Gasteiger partial charge in [0, 0.05) is 13.7 Å². The van der Waals surface area contributed by atoms with Crippen LogP contribution in [0, 0.1) is 0 Å². The minimum Gasteiger partial charge on any atom is -0.432 e. The third-order valence-corrected chi connectivity index (χ3v) is 2.68. The van der Waals surface area contributed by atoms with Crippen LogP contribution in [0.2, 0.25) is 6.32 Å². The summed E-state index contributed by atoms with van der Waals surface area (Å²) in [6.45, 7) is 8.11. The average molecular weight is 202 g/mol. The lowest BCUT2D eigenvalue weighted by Gasteiger charge is -2.37. The molecule has 14 heavy (non-hydrogen) atoms. The van der Waals surface area contributed by atoms with Crippen molar-refractivity contribution in [3.63, 3.8) is 0 Å². The molecule has 0 heterocycles. The Bertz CT molecular complexity index is 152. The quantitative estimate of drug-likeness (QED) is 0.500. The van der Waals surface area contributed by atoms with Crippen LogP contribution in [0.4, 0.5) is 0 Å². The van der Waals surface area contributed by atoms with Crippen molar-refractivity contribution in [3.8, 4) is 0 Å². The van der Waals surface area contributed by atoms with E-state index in [-0.39, 0.29) is 0 Å². The zero-order valence-electron chi connectivity index (χ0n) is 10.1. The Morgan fingerprint density at radius 3 is 2.21 bits per heavy atom. The molecular formula is C10H23BO3. The second kappa shape index (κ2) is 5.74. The maximum atomic E-state index is 9.80. The van der Waals surface area contributed by atoms with Crippen molar-refractivity contribution in [3.05, 3.63) is 0 Å². The Morgan fingerprint density at radius 2 is 1.79 bits per heavy atom. The van der Waals surface area contributed by atoms with Crippen molar-refractivity contribution in [2.45, 2.75) is 51.6 Å². The van der Waals surface area contributed by atoms with Crippen LogP contribution in [0.1, 0.15) is 34.1 Å². The number of ether oxygens (including phenoxy) is 1. The monoisotopic (exact) mass is 202 g/mol. The van der Waals surface area contributed by atoms with Gasteiger partial charge < -0.3 is 14.5 Å². The number of methoxy groups -OCH3 is 1. The SMILES string of the molecule is COCCCBOC(C)(C)C(C)(C)O. The number of aliphatic hydroxyl groups is 1. The van der Waals surface area contributed by atoms with Gasteiger partial charge >= 0.3 is 0 Å². The predicted octanol–water partition coefficient (Wildman–Crippen LogP) is 1.36. The fraction of sp³-hybridized carbons (Fsp3) is 1.00. The van der Waals surface area contributed by atoms with Gasteiger partial charge in [0.1, 0.15) is 0 Å². The van der Waals surface area contributed by atoms with Crippen LogP contribution in [0.5, 0.6) is 0 Å². The van der Waals surface area contributed by atoms with E-state index in [0.29, 0.717) is 7.48 Å². The standard InChI is InChI=1S/C10H23BO3/c1-9(2,12)10(3,4)14-11-7-6-8-13-5/h11-12H,6-8H2,1-5H3. The molecule has 0 spiro atoms. The highest BCUT2D eigenvalue weighted by atomic mass is 16.5. The van der Waals surface area contributed by atoms with Crippen LogP contribution >= 0.6 is 0 Å². The maximum absolute atomic E-state index is 9.80. The van der Waals surface area contributed by atoms with Crippen LogP contribution in [0.15, 0.2) is 0 Å². The Kier molecular flexibility index (Phi) is 5.71. The van der Waals surface area contributed by atoms with Crippen LogP contribution < -0.4 is 0 Å². The number of hydrogen-bond donors (Lipinski definition) is 1. The second-order valence-corrected chi connectivity index (χ2v) is 4.62. The van der Waals surface area contributed by atoms with Crippen LogP contribution in [-0.2, 0) is 9.39 Å². The van der Waals surface area contributed by atoms with Crippen LogP contribution in [0.3, 0.4) is 0 Å². The molecule has 0 saturated carbocycles. The smallest absolute Gasteiger partial charge is 0.275 e. The lowest BCUT2D eigenvalue weighted by atomic mass is 9.84. The Morgan fingerprint density at radius 1 is 1.21 bits per heavy atom. The molecule has 4 heteroatoms. The molecule has 0 atom stereocenters. The molecule has 0 bridgehead atoms. The molecule has 0 fully saturated rings. The van der Waals surface area contributed by atoms with Gasteiger partial charge in [-0.15, -0.1) is 0 Å². The molecule has 0 aromatic rings. The highest BCUT2D eigenvalue weighted by Crippen LogP contribution is 2.24. The van der Waals surface area contributed by atoms with E-state index in [0.717, 1.165) is 19.3 Å². The van der Waals surface area contributed by atoms with Gasteiger partial charge in [0.2, 0.25) is 0 Å². The van der Waals surface area contributed by atoms with E-state index in [1.165, 1.54) is 0 Å². The van der Waals surface area contributed by atoms with Crippen LogP contribution in [-0.4, -0.2) is 37.5 Å². The highest BCUT2D eigenvalue weighted by Gasteiger charge is 2.35. The molecule has 0 aliphatic heterocycles. The largest absolute Gasteiger partial charge is 0.432 e. The molecule has 0 rings (SSSR count). The van der Waals surface area contributed by atoms with E-state index in [1.54, 1.807) is 21.0 Å². The molecule has 84 valence electrons. The van der Waals surface area contributed by atoms with E-state index < -0.39 is 11.2 Å². The fourth-order valence-electron chi connectivity index (χ4n) is 0.852. The summed E-state index contributed by atoms with van der Waals surface area (Å²) in [5, 5.41) is 9.80. The topological polar surface area (TPSA) is 38.7 Å². The van der Waals surface area contributed by atoms with E-state index in [2.05, 4.69) is 0 Å². The van der Waals surface area contributed by atoms with Crippen molar-refractivity contribution in [2.24, 2.45) is 0 Å². The Hall–Kier alpha value is -0.0551. The maximum Gasteiger partial charge on any atom is 0.275 e. The third kappa shape index (κ3) is 4.98. The second-order valence-electron chi connectivity index (χ2n) is 4.62. The molecule has 0 aliphatic rings. The van der Waals surface area contributed by atoms with Gasteiger partial charge in [-0.05, 0) is 40.4 Å². The Balaban J connectivity index is 3.67. The summed E-state index contributed by atoms with van der Waals surface area (Å²) in [6, 6.07) is 0. The molecule has 0 aromatic heterocycles. The summed E-state index contributed by atoms with van der Waals surface area (Å²) in [4.78, 5) is 0. The summed E-state index contributed by atoms with van der Waals surface area (Å²) >= 11 is 0. The normalized spacial score (nSPS) is 13.0. The Labute approximate surface area is 88.1 Å². The lowest BCUT2D eigenvalue weighted by molar-refractivity contribution is -0.0904. The van der Waals surface area contributed by atoms with E-state index in [4.69, 9.17) is 9.39 Å². The lowest BCUT2D eigenvalue weighted by Crippen LogP contribution is -2.47. The molecule has 0 amide bonds. The summed E-state index contributed by atoms with van der Waals surface area (Å²) in [7, 11) is 2.36. The molecule has 0 aromatic carbocycles. The van der Waals surface area contributed by atoms with E-state index >= 15 is 0 Å². The predicted molar refractivity (Wildman–Crippen MR) is 59.9 cm³/mol. The van der Waals surface area contributed by atoms with Crippen molar-refractivity contribution in [1.82, 2.24) is 0 Å². The number of hydrogen-bond acceptors (Lipinski definition) is 3. The van der Waals surface area contributed by atoms with Gasteiger partial charge in [-0.25, -0.2) is 0 Å².